The van der Waals surface area contributed by atoms with E-state index in [2.05, 4.69) is 241 Å². The molecule has 0 bridgehead atoms. The van der Waals surface area contributed by atoms with Crippen molar-refractivity contribution in [2.75, 3.05) is 4.90 Å². The Morgan fingerprint density at radius 3 is 1.28 bits per heavy atom. The second-order valence-electron chi connectivity index (χ2n) is 15.3. The van der Waals surface area contributed by atoms with Gasteiger partial charge >= 0.3 is 0 Å². The summed E-state index contributed by atoms with van der Waals surface area (Å²) in [6.45, 7) is 0. The zero-order valence-corrected chi connectivity index (χ0v) is 32.9. The topological polar surface area (TPSA) is 12.5 Å². The van der Waals surface area contributed by atoms with E-state index in [1.165, 1.54) is 44.2 Å². The van der Waals surface area contributed by atoms with E-state index in [1.54, 1.807) is 0 Å². The van der Waals surface area contributed by atoms with Gasteiger partial charge in [0, 0.05) is 28.2 Å². The summed E-state index contributed by atoms with van der Waals surface area (Å²) in [6, 6.07) is 84.7. The van der Waals surface area contributed by atoms with E-state index < -0.39 is 0 Å². The summed E-state index contributed by atoms with van der Waals surface area (Å²) in [4.78, 5) is 2.33. The summed E-state index contributed by atoms with van der Waals surface area (Å²) >= 11 is 0. The maximum Gasteiger partial charge on any atom is 0.135 e. The third-order valence-electron chi connectivity index (χ3n) is 11.7. The van der Waals surface area contributed by atoms with Crippen molar-refractivity contribution in [1.29, 1.82) is 0 Å². The van der Waals surface area contributed by atoms with E-state index >= 15 is 0 Å². The number of ether oxygens (including phenoxy) is 1. The molecular weight excluding hydrogens is 727 g/mol. The predicted molar refractivity (Wildman–Crippen MR) is 251 cm³/mol. The lowest BCUT2D eigenvalue weighted by Crippen LogP contribution is -2.10. The molecule has 0 radical (unpaired) electrons. The van der Waals surface area contributed by atoms with E-state index in [4.69, 9.17) is 4.74 Å². The van der Waals surface area contributed by atoms with E-state index in [1.807, 2.05) is 0 Å². The van der Waals surface area contributed by atoms with Gasteiger partial charge in [-0.05, 0) is 127 Å². The summed E-state index contributed by atoms with van der Waals surface area (Å²) in [6.07, 6.45) is 0. The molecule has 282 valence electrons. The number of hydrogen-bond donors (Lipinski definition) is 0. The Balaban J connectivity index is 1.02. The molecule has 0 N–H and O–H groups in total. The van der Waals surface area contributed by atoms with E-state index in [9.17, 15) is 0 Å². The Morgan fingerprint density at radius 2 is 0.700 bits per heavy atom. The molecule has 1 aliphatic heterocycles. The van der Waals surface area contributed by atoms with Crippen LogP contribution in [0.1, 0.15) is 0 Å². The molecule has 0 fully saturated rings. The van der Waals surface area contributed by atoms with Gasteiger partial charge in [0.15, 0.2) is 0 Å². The molecule has 0 amide bonds. The van der Waals surface area contributed by atoms with E-state index in [-0.39, 0.29) is 0 Å². The lowest BCUT2D eigenvalue weighted by atomic mass is 9.87. The first kappa shape index (κ1) is 35.2. The minimum Gasteiger partial charge on any atom is -0.456 e. The number of hydrogen-bond acceptors (Lipinski definition) is 2. The van der Waals surface area contributed by atoms with Crippen LogP contribution in [-0.4, -0.2) is 0 Å². The molecular formula is C58H39NO. The Labute approximate surface area is 350 Å². The largest absolute Gasteiger partial charge is 0.456 e. The average molecular weight is 766 g/mol. The van der Waals surface area contributed by atoms with Gasteiger partial charge < -0.3 is 9.64 Å². The van der Waals surface area contributed by atoms with Crippen molar-refractivity contribution < 1.29 is 4.74 Å². The fourth-order valence-electron chi connectivity index (χ4n) is 8.67. The Bertz CT molecular complexity index is 3120. The average Bonchev–Trinajstić information content (AvgIpc) is 3.46. The van der Waals surface area contributed by atoms with Crippen LogP contribution in [0.25, 0.3) is 77.5 Å². The van der Waals surface area contributed by atoms with Crippen LogP contribution in [0.5, 0.6) is 11.5 Å². The summed E-state index contributed by atoms with van der Waals surface area (Å²) in [5.41, 5.74) is 17.1. The van der Waals surface area contributed by atoms with Crippen LogP contribution in [-0.2, 0) is 0 Å². The molecule has 1 heterocycles. The van der Waals surface area contributed by atoms with Crippen molar-refractivity contribution in [3.05, 3.63) is 237 Å². The number of nitrogens with zero attached hydrogens (tertiary/aromatic N) is 1. The quantitative estimate of drug-likeness (QED) is 0.160. The summed E-state index contributed by atoms with van der Waals surface area (Å²) < 4.78 is 7.00. The van der Waals surface area contributed by atoms with Gasteiger partial charge in [0.25, 0.3) is 0 Å². The lowest BCUT2D eigenvalue weighted by Gasteiger charge is -2.26. The molecule has 11 rings (SSSR count). The van der Waals surface area contributed by atoms with Gasteiger partial charge in [0.2, 0.25) is 0 Å². The maximum atomic E-state index is 7.00. The summed E-state index contributed by atoms with van der Waals surface area (Å²) in [5.74, 6) is 1.67. The third kappa shape index (κ3) is 6.51. The van der Waals surface area contributed by atoms with Gasteiger partial charge in [-0.2, -0.15) is 0 Å². The van der Waals surface area contributed by atoms with Crippen molar-refractivity contribution in [1.82, 2.24) is 0 Å². The van der Waals surface area contributed by atoms with Crippen LogP contribution in [0.3, 0.4) is 0 Å². The molecule has 1 aliphatic rings. The molecule has 0 saturated heterocycles. The highest BCUT2D eigenvalue weighted by Crippen LogP contribution is 2.52. The molecule has 60 heavy (non-hydrogen) atoms. The number of rotatable bonds is 7. The van der Waals surface area contributed by atoms with Crippen molar-refractivity contribution in [2.24, 2.45) is 0 Å². The minimum absolute atomic E-state index is 0.827. The fraction of sp³-hybridized carbons (Fsp3) is 0. The molecule has 0 atom stereocenters. The van der Waals surface area contributed by atoms with Crippen LogP contribution in [0.2, 0.25) is 0 Å². The highest BCUT2D eigenvalue weighted by molar-refractivity contribution is 6.04. The van der Waals surface area contributed by atoms with Crippen molar-refractivity contribution >= 4 is 27.8 Å². The van der Waals surface area contributed by atoms with E-state index in [0.29, 0.717) is 0 Å². The fourth-order valence-corrected chi connectivity index (χ4v) is 8.67. The van der Waals surface area contributed by atoms with Gasteiger partial charge in [0.05, 0.1) is 0 Å². The van der Waals surface area contributed by atoms with E-state index in [0.717, 1.165) is 61.9 Å². The van der Waals surface area contributed by atoms with Crippen molar-refractivity contribution in [2.45, 2.75) is 0 Å². The highest BCUT2D eigenvalue weighted by Gasteiger charge is 2.26. The molecule has 0 unspecified atom stereocenters. The van der Waals surface area contributed by atoms with Crippen LogP contribution in [0, 0.1) is 0 Å². The first-order valence-electron chi connectivity index (χ1n) is 20.5. The number of benzene rings is 10. The van der Waals surface area contributed by atoms with Gasteiger partial charge in [-0.15, -0.1) is 0 Å². The van der Waals surface area contributed by atoms with Crippen molar-refractivity contribution in [3.8, 4) is 78.3 Å². The number of fused-ring (bicyclic) bond motifs is 6. The first-order valence-corrected chi connectivity index (χ1v) is 20.5. The summed E-state index contributed by atoms with van der Waals surface area (Å²) in [5, 5.41) is 2.38. The van der Waals surface area contributed by atoms with Crippen LogP contribution in [0.15, 0.2) is 237 Å². The van der Waals surface area contributed by atoms with Gasteiger partial charge in [-0.3, -0.25) is 0 Å². The van der Waals surface area contributed by atoms with Gasteiger partial charge in [-0.25, -0.2) is 0 Å². The zero-order chi connectivity index (χ0) is 39.8. The third-order valence-corrected chi connectivity index (χ3v) is 11.7. The lowest BCUT2D eigenvalue weighted by molar-refractivity contribution is 0.488. The monoisotopic (exact) mass is 765 g/mol. The highest BCUT2D eigenvalue weighted by atomic mass is 16.5. The SMILES string of the molecule is c1ccc(-c2ccc(-c3ccc(N(c4ccccc4)c4ccc5c(c4)-c4cc6ccccc6cc4-c4c(cccc4-c4ccc(-c6ccccc6)cc4)O5)cc3)cc2)cc1. The van der Waals surface area contributed by atoms with Crippen molar-refractivity contribution in [3.63, 3.8) is 0 Å². The standard InChI is InChI=1S/C58H39NO/c1-4-13-40(14-5-1)42-23-25-44(26-24-42)45-31-33-50(34-32-45)59(49-19-8-3-9-20-49)51-35-36-56-54(39-51)53-37-47-17-10-11-18-48(47)38-55(53)58-52(21-12-22-57(58)60-56)46-29-27-43(28-30-46)41-15-6-2-7-16-41/h1-39H. The maximum absolute atomic E-state index is 7.00. The molecule has 0 aromatic heterocycles. The number of anilines is 3. The van der Waals surface area contributed by atoms with Crippen LogP contribution < -0.4 is 9.64 Å². The first-order chi connectivity index (χ1) is 29.7. The van der Waals surface area contributed by atoms with Crippen LogP contribution >= 0.6 is 0 Å². The number of para-hydroxylation sites is 1. The smallest absolute Gasteiger partial charge is 0.135 e. The Hall–Kier alpha value is -7.94. The molecule has 2 heteroatoms. The van der Waals surface area contributed by atoms with Gasteiger partial charge in [-0.1, -0.05) is 176 Å². The molecule has 10 aromatic rings. The van der Waals surface area contributed by atoms with Gasteiger partial charge in [0.1, 0.15) is 11.5 Å². The zero-order valence-electron chi connectivity index (χ0n) is 32.9. The molecule has 0 aliphatic carbocycles. The summed E-state index contributed by atoms with van der Waals surface area (Å²) in [7, 11) is 0. The Morgan fingerprint density at radius 1 is 0.250 bits per heavy atom. The second kappa shape index (κ2) is 15.1. The Kier molecular flexibility index (Phi) is 8.87. The molecule has 0 spiro atoms. The minimum atomic E-state index is 0.827. The molecule has 0 saturated carbocycles. The molecule has 2 nitrogen and oxygen atoms in total. The normalized spacial score (nSPS) is 11.5. The second-order valence-corrected chi connectivity index (χ2v) is 15.3. The van der Waals surface area contributed by atoms with Crippen LogP contribution in [0.4, 0.5) is 17.1 Å². The molecule has 10 aromatic carbocycles. The predicted octanol–water partition coefficient (Wildman–Crippen LogP) is 16.4.